The summed E-state index contributed by atoms with van der Waals surface area (Å²) in [5, 5.41) is 3.37. The molecule has 0 aliphatic rings. The summed E-state index contributed by atoms with van der Waals surface area (Å²) in [5.74, 6) is 5.56. The van der Waals surface area contributed by atoms with Crippen LogP contribution in [0.3, 0.4) is 0 Å². The Morgan fingerprint density at radius 3 is 2.81 bits per heavy atom. The van der Waals surface area contributed by atoms with E-state index < -0.39 is 0 Å². The van der Waals surface area contributed by atoms with Crippen molar-refractivity contribution < 1.29 is 4.39 Å². The normalized spacial score (nSPS) is 12.7. The van der Waals surface area contributed by atoms with E-state index in [4.69, 9.17) is 5.84 Å². The maximum Gasteiger partial charge on any atom is 0.123 e. The molecule has 21 heavy (non-hydrogen) atoms. The molecule has 0 radical (unpaired) electrons. The van der Waals surface area contributed by atoms with Gasteiger partial charge in [-0.2, -0.15) is 0 Å². The standard InChI is InChI=1S/C17H17FN2S/c1-11-8-13(18)7-6-12(11)9-16(20-19)15-10-21-17-5-3-2-4-14(15)17/h2-8,10,16,20H,9,19H2,1H3. The van der Waals surface area contributed by atoms with E-state index in [2.05, 4.69) is 22.9 Å². The van der Waals surface area contributed by atoms with Crippen molar-refractivity contribution in [1.82, 2.24) is 5.43 Å². The molecule has 4 heteroatoms. The highest BCUT2D eigenvalue weighted by atomic mass is 32.1. The van der Waals surface area contributed by atoms with E-state index in [-0.39, 0.29) is 11.9 Å². The molecule has 1 unspecified atom stereocenters. The van der Waals surface area contributed by atoms with E-state index in [1.54, 1.807) is 17.4 Å². The van der Waals surface area contributed by atoms with Crippen molar-refractivity contribution in [2.45, 2.75) is 19.4 Å². The van der Waals surface area contributed by atoms with Gasteiger partial charge in [-0.3, -0.25) is 11.3 Å². The van der Waals surface area contributed by atoms with E-state index in [1.807, 2.05) is 25.1 Å². The Labute approximate surface area is 127 Å². The third-order valence-electron chi connectivity index (χ3n) is 3.82. The van der Waals surface area contributed by atoms with Crippen LogP contribution < -0.4 is 11.3 Å². The fourth-order valence-corrected chi connectivity index (χ4v) is 3.65. The lowest BCUT2D eigenvalue weighted by atomic mass is 9.96. The zero-order chi connectivity index (χ0) is 14.8. The van der Waals surface area contributed by atoms with Crippen molar-refractivity contribution in [3.8, 4) is 0 Å². The topological polar surface area (TPSA) is 38.0 Å². The first-order valence-electron chi connectivity index (χ1n) is 6.86. The van der Waals surface area contributed by atoms with Crippen LogP contribution in [0, 0.1) is 12.7 Å². The smallest absolute Gasteiger partial charge is 0.123 e. The number of thiophene rings is 1. The second-order valence-corrected chi connectivity index (χ2v) is 6.09. The van der Waals surface area contributed by atoms with Gasteiger partial charge in [0.1, 0.15) is 5.82 Å². The van der Waals surface area contributed by atoms with Crippen molar-refractivity contribution in [3.05, 3.63) is 70.4 Å². The number of rotatable bonds is 4. The largest absolute Gasteiger partial charge is 0.271 e. The highest BCUT2D eigenvalue weighted by Gasteiger charge is 2.16. The SMILES string of the molecule is Cc1cc(F)ccc1CC(NN)c1csc2ccccc12. The van der Waals surface area contributed by atoms with Gasteiger partial charge in [0.15, 0.2) is 0 Å². The molecule has 2 aromatic carbocycles. The summed E-state index contributed by atoms with van der Waals surface area (Å²) in [6.07, 6.45) is 0.739. The molecule has 0 amide bonds. The number of nitrogens with two attached hydrogens (primary N) is 1. The minimum absolute atomic E-state index is 0.0188. The van der Waals surface area contributed by atoms with Crippen LogP contribution in [-0.2, 0) is 6.42 Å². The zero-order valence-electron chi connectivity index (χ0n) is 11.8. The average molecular weight is 300 g/mol. The summed E-state index contributed by atoms with van der Waals surface area (Å²) in [7, 11) is 0. The number of hydrazine groups is 1. The van der Waals surface area contributed by atoms with Gasteiger partial charge in [-0.15, -0.1) is 11.3 Å². The Bertz CT molecular complexity index is 766. The second kappa shape index (κ2) is 5.93. The van der Waals surface area contributed by atoms with Crippen LogP contribution in [0.15, 0.2) is 47.8 Å². The lowest BCUT2D eigenvalue weighted by Gasteiger charge is -2.17. The molecule has 0 aliphatic heterocycles. The predicted octanol–water partition coefficient (Wildman–Crippen LogP) is 4.10. The molecule has 0 bridgehead atoms. The summed E-state index contributed by atoms with van der Waals surface area (Å²) in [6.45, 7) is 1.93. The molecule has 108 valence electrons. The Balaban J connectivity index is 1.95. The number of fused-ring (bicyclic) bond motifs is 1. The molecule has 3 N–H and O–H groups in total. The molecule has 0 saturated heterocycles. The minimum Gasteiger partial charge on any atom is -0.271 e. The lowest BCUT2D eigenvalue weighted by molar-refractivity contribution is 0.554. The van der Waals surface area contributed by atoms with E-state index in [1.165, 1.54) is 21.7 Å². The molecular formula is C17H17FN2S. The molecular weight excluding hydrogens is 283 g/mol. The number of aryl methyl sites for hydroxylation is 1. The monoisotopic (exact) mass is 300 g/mol. The molecule has 0 spiro atoms. The summed E-state index contributed by atoms with van der Waals surface area (Å²) in [4.78, 5) is 0. The van der Waals surface area contributed by atoms with Crippen LogP contribution >= 0.6 is 11.3 Å². The Morgan fingerprint density at radius 2 is 2.05 bits per heavy atom. The highest BCUT2D eigenvalue weighted by Crippen LogP contribution is 2.32. The summed E-state index contributed by atoms with van der Waals surface area (Å²) < 4.78 is 14.5. The summed E-state index contributed by atoms with van der Waals surface area (Å²) >= 11 is 1.72. The van der Waals surface area contributed by atoms with Gasteiger partial charge < -0.3 is 0 Å². The van der Waals surface area contributed by atoms with Gasteiger partial charge in [0.25, 0.3) is 0 Å². The van der Waals surface area contributed by atoms with Gasteiger partial charge >= 0.3 is 0 Å². The van der Waals surface area contributed by atoms with Crippen molar-refractivity contribution in [2.24, 2.45) is 5.84 Å². The third kappa shape index (κ3) is 2.83. The number of halogens is 1. The minimum atomic E-state index is -0.200. The molecule has 1 heterocycles. The molecule has 0 saturated carbocycles. The molecule has 2 nitrogen and oxygen atoms in total. The van der Waals surface area contributed by atoms with Crippen LogP contribution in [0.25, 0.3) is 10.1 Å². The first kappa shape index (κ1) is 14.2. The van der Waals surface area contributed by atoms with Crippen LogP contribution in [0.4, 0.5) is 4.39 Å². The van der Waals surface area contributed by atoms with E-state index in [9.17, 15) is 4.39 Å². The van der Waals surface area contributed by atoms with Gasteiger partial charge in [-0.1, -0.05) is 24.3 Å². The van der Waals surface area contributed by atoms with E-state index in [0.29, 0.717) is 0 Å². The molecule has 0 fully saturated rings. The molecule has 1 atom stereocenters. The van der Waals surface area contributed by atoms with E-state index >= 15 is 0 Å². The van der Waals surface area contributed by atoms with Crippen molar-refractivity contribution in [1.29, 1.82) is 0 Å². The van der Waals surface area contributed by atoms with Crippen molar-refractivity contribution in [2.75, 3.05) is 0 Å². The van der Waals surface area contributed by atoms with Gasteiger partial charge in [0.05, 0.1) is 6.04 Å². The first-order chi connectivity index (χ1) is 10.2. The first-order valence-corrected chi connectivity index (χ1v) is 7.74. The van der Waals surface area contributed by atoms with Crippen LogP contribution in [0.1, 0.15) is 22.7 Å². The van der Waals surface area contributed by atoms with E-state index in [0.717, 1.165) is 17.5 Å². The fraction of sp³-hybridized carbons (Fsp3) is 0.176. The van der Waals surface area contributed by atoms with Crippen molar-refractivity contribution >= 4 is 21.4 Å². The number of benzene rings is 2. The molecule has 0 aliphatic carbocycles. The van der Waals surface area contributed by atoms with Gasteiger partial charge in [-0.25, -0.2) is 4.39 Å². The molecule has 3 rings (SSSR count). The second-order valence-electron chi connectivity index (χ2n) is 5.18. The van der Waals surface area contributed by atoms with Crippen LogP contribution in [0.2, 0.25) is 0 Å². The van der Waals surface area contributed by atoms with Crippen molar-refractivity contribution in [3.63, 3.8) is 0 Å². The number of hydrogen-bond acceptors (Lipinski definition) is 3. The number of hydrogen-bond donors (Lipinski definition) is 2. The molecule has 1 aromatic heterocycles. The van der Waals surface area contributed by atoms with Crippen LogP contribution in [-0.4, -0.2) is 0 Å². The van der Waals surface area contributed by atoms with Gasteiger partial charge in [0.2, 0.25) is 0 Å². The zero-order valence-corrected chi connectivity index (χ0v) is 12.6. The average Bonchev–Trinajstić information content (AvgIpc) is 2.91. The Kier molecular flexibility index (Phi) is 4.01. The Morgan fingerprint density at radius 1 is 1.24 bits per heavy atom. The fourth-order valence-electron chi connectivity index (χ4n) is 2.64. The third-order valence-corrected chi connectivity index (χ3v) is 4.80. The summed E-state index contributed by atoms with van der Waals surface area (Å²) in [5.41, 5.74) is 6.16. The maximum absolute atomic E-state index is 13.2. The van der Waals surface area contributed by atoms with Crippen LogP contribution in [0.5, 0.6) is 0 Å². The Hall–Kier alpha value is -1.75. The highest BCUT2D eigenvalue weighted by molar-refractivity contribution is 7.17. The quantitative estimate of drug-likeness (QED) is 0.562. The summed E-state index contributed by atoms with van der Waals surface area (Å²) in [6, 6.07) is 13.2. The van der Waals surface area contributed by atoms with Gasteiger partial charge in [-0.05, 0) is 59.0 Å². The predicted molar refractivity (Wildman–Crippen MR) is 86.7 cm³/mol. The maximum atomic E-state index is 13.2. The van der Waals surface area contributed by atoms with Gasteiger partial charge in [0, 0.05) is 4.70 Å². The number of nitrogens with one attached hydrogen (secondary N) is 1. The lowest BCUT2D eigenvalue weighted by Crippen LogP contribution is -2.29. The molecule has 3 aromatic rings.